The summed E-state index contributed by atoms with van der Waals surface area (Å²) in [6.07, 6.45) is 29.7. The van der Waals surface area contributed by atoms with Crippen molar-refractivity contribution in [1.82, 2.24) is 4.90 Å². The van der Waals surface area contributed by atoms with Gasteiger partial charge in [-0.15, -0.1) is 0 Å². The summed E-state index contributed by atoms with van der Waals surface area (Å²) in [5, 5.41) is 34.9. The fraction of sp³-hybridized carbons (Fsp3) is 0.975. The van der Waals surface area contributed by atoms with E-state index in [0.29, 0.717) is 12.5 Å². The Kier molecular flexibility index (Phi) is 56.4. The topological polar surface area (TPSA) is 110 Å². The lowest BCUT2D eigenvalue weighted by molar-refractivity contribution is -0.108. The predicted octanol–water partition coefficient (Wildman–Crippen LogP) is 9.85. The second kappa shape index (κ2) is 49.8. The molecule has 0 bridgehead atoms. The molecule has 0 saturated heterocycles. The Morgan fingerprint density at radius 2 is 0.979 bits per heavy atom. The summed E-state index contributed by atoms with van der Waals surface area (Å²) in [5.41, 5.74) is 0. The van der Waals surface area contributed by atoms with Crippen LogP contribution >= 0.6 is 0 Å². The minimum Gasteiger partial charge on any atom is -0.400 e. The first-order valence-corrected chi connectivity index (χ1v) is 20.0. The molecule has 288 valence electrons. The van der Waals surface area contributed by atoms with Crippen LogP contribution in [0.3, 0.4) is 0 Å². The summed E-state index contributed by atoms with van der Waals surface area (Å²) >= 11 is 0. The normalized spacial score (nSPS) is 12.0. The zero-order chi connectivity index (χ0) is 36.2. The Hall–Kier alpha value is -0.570. The van der Waals surface area contributed by atoms with E-state index in [1.807, 2.05) is 0 Å². The minimum absolute atomic E-state index is 0.176. The van der Waals surface area contributed by atoms with E-state index in [-0.39, 0.29) is 6.10 Å². The Bertz CT molecular complexity index is 517. The van der Waals surface area contributed by atoms with Crippen molar-refractivity contribution in [2.45, 2.75) is 208 Å². The molecule has 0 fully saturated rings. The standard InChI is InChI=1S/C30H63NO3.C8H16O.2CH4O/c1-5-9-13-15-18-23-30(33)34-26-20-17-14-16-19-25-31(24-12-8-4)27-29(32)28(21-10-6-2)22-11-7-3;1-2-3-4-5-6-7-8-9;2*1-2/h28-30,32-33H,5-27H2,1-4H3;8H,2-7H2,1H3;2*2H,1H3. The number of carbonyl (C=O) groups is 1. The van der Waals surface area contributed by atoms with Gasteiger partial charge in [-0.1, -0.05) is 137 Å². The maximum Gasteiger partial charge on any atom is 0.154 e. The van der Waals surface area contributed by atoms with Crippen molar-refractivity contribution in [2.24, 2.45) is 5.92 Å². The summed E-state index contributed by atoms with van der Waals surface area (Å²) in [6.45, 7) is 14.9. The molecule has 7 heteroatoms. The molecular weight excluding hydrogens is 590 g/mol. The maximum absolute atomic E-state index is 11.0. The molecule has 0 aromatic carbocycles. The number of hydrogen-bond acceptors (Lipinski definition) is 7. The van der Waals surface area contributed by atoms with Crippen LogP contribution in [0.1, 0.15) is 195 Å². The van der Waals surface area contributed by atoms with Crippen LogP contribution in [0.15, 0.2) is 0 Å². The van der Waals surface area contributed by atoms with Gasteiger partial charge in [0, 0.05) is 33.8 Å². The molecule has 0 saturated carbocycles. The van der Waals surface area contributed by atoms with Gasteiger partial charge in [0.1, 0.15) is 6.29 Å². The van der Waals surface area contributed by atoms with Gasteiger partial charge in [0.05, 0.1) is 6.10 Å². The van der Waals surface area contributed by atoms with Crippen molar-refractivity contribution in [3.63, 3.8) is 0 Å². The highest BCUT2D eigenvalue weighted by molar-refractivity contribution is 5.48. The van der Waals surface area contributed by atoms with Crippen LogP contribution < -0.4 is 0 Å². The molecule has 7 nitrogen and oxygen atoms in total. The van der Waals surface area contributed by atoms with Gasteiger partial charge in [0.2, 0.25) is 0 Å². The van der Waals surface area contributed by atoms with E-state index in [1.165, 1.54) is 128 Å². The van der Waals surface area contributed by atoms with E-state index >= 15 is 0 Å². The van der Waals surface area contributed by atoms with Crippen molar-refractivity contribution < 1.29 is 30.0 Å². The van der Waals surface area contributed by atoms with Crippen LogP contribution in [-0.4, -0.2) is 84.5 Å². The van der Waals surface area contributed by atoms with E-state index in [9.17, 15) is 15.0 Å². The largest absolute Gasteiger partial charge is 0.400 e. The third kappa shape index (κ3) is 45.4. The van der Waals surface area contributed by atoms with Gasteiger partial charge in [-0.3, -0.25) is 0 Å². The molecule has 0 aromatic rings. The highest BCUT2D eigenvalue weighted by Crippen LogP contribution is 2.21. The van der Waals surface area contributed by atoms with E-state index in [1.54, 1.807) is 0 Å². The number of unbranched alkanes of at least 4 members (excludes halogenated alkanes) is 16. The molecule has 0 aliphatic heterocycles. The molecular formula is C40H87NO6. The third-order valence-corrected chi connectivity index (χ3v) is 8.58. The van der Waals surface area contributed by atoms with Crippen LogP contribution in [0.4, 0.5) is 0 Å². The van der Waals surface area contributed by atoms with E-state index < -0.39 is 6.29 Å². The van der Waals surface area contributed by atoms with Crippen molar-refractivity contribution in [3.8, 4) is 0 Å². The SMILES string of the molecule is CCCCCCCC(O)OCCCCCCCN(CCCC)CC(O)C(CCCC)CCCC.CCCCCCCC=O.CO.CO. The van der Waals surface area contributed by atoms with Gasteiger partial charge < -0.3 is 34.9 Å². The van der Waals surface area contributed by atoms with Crippen molar-refractivity contribution in [3.05, 3.63) is 0 Å². The Morgan fingerprint density at radius 1 is 0.532 bits per heavy atom. The van der Waals surface area contributed by atoms with E-state index in [2.05, 4.69) is 39.5 Å². The molecule has 0 amide bonds. The van der Waals surface area contributed by atoms with Gasteiger partial charge in [-0.2, -0.15) is 0 Å². The van der Waals surface area contributed by atoms with Crippen LogP contribution in [0.5, 0.6) is 0 Å². The first-order chi connectivity index (χ1) is 23.0. The van der Waals surface area contributed by atoms with Crippen molar-refractivity contribution in [2.75, 3.05) is 40.5 Å². The fourth-order valence-corrected chi connectivity index (χ4v) is 5.58. The molecule has 2 atom stereocenters. The molecule has 0 aromatic heterocycles. The molecule has 4 N–H and O–H groups in total. The Morgan fingerprint density at radius 3 is 1.51 bits per heavy atom. The highest BCUT2D eigenvalue weighted by Gasteiger charge is 2.21. The number of aliphatic hydroxyl groups is 4. The molecule has 0 aliphatic carbocycles. The summed E-state index contributed by atoms with van der Waals surface area (Å²) in [5.74, 6) is 0.468. The number of hydrogen-bond donors (Lipinski definition) is 4. The second-order valence-electron chi connectivity index (χ2n) is 12.9. The second-order valence-corrected chi connectivity index (χ2v) is 12.9. The number of aldehydes is 1. The van der Waals surface area contributed by atoms with Crippen molar-refractivity contribution >= 4 is 6.29 Å². The van der Waals surface area contributed by atoms with E-state index in [4.69, 9.17) is 14.9 Å². The molecule has 0 radical (unpaired) electrons. The Balaban J connectivity index is -0.000000601. The average molecular weight is 678 g/mol. The fourth-order valence-electron chi connectivity index (χ4n) is 5.58. The predicted molar refractivity (Wildman–Crippen MR) is 204 cm³/mol. The summed E-state index contributed by atoms with van der Waals surface area (Å²) in [7, 11) is 2.00. The summed E-state index contributed by atoms with van der Waals surface area (Å²) in [6, 6.07) is 0. The molecule has 2 unspecified atom stereocenters. The Labute approximate surface area is 294 Å². The number of ether oxygens (including phenoxy) is 1. The van der Waals surface area contributed by atoms with E-state index in [0.717, 1.165) is 72.2 Å². The molecule has 0 rings (SSSR count). The van der Waals surface area contributed by atoms with Gasteiger partial charge in [-0.25, -0.2) is 0 Å². The van der Waals surface area contributed by atoms with Crippen molar-refractivity contribution in [1.29, 1.82) is 0 Å². The monoisotopic (exact) mass is 678 g/mol. The quantitative estimate of drug-likeness (QED) is 0.0311. The first kappa shape index (κ1) is 53.2. The minimum atomic E-state index is -0.571. The lowest BCUT2D eigenvalue weighted by Crippen LogP contribution is -2.38. The zero-order valence-corrected chi connectivity index (χ0v) is 32.9. The number of carbonyl (C=O) groups excluding carboxylic acids is 1. The van der Waals surface area contributed by atoms with Gasteiger partial charge in [-0.05, 0) is 70.4 Å². The van der Waals surface area contributed by atoms with Gasteiger partial charge in [0.15, 0.2) is 6.29 Å². The number of nitrogens with zero attached hydrogens (tertiary/aromatic N) is 1. The molecule has 47 heavy (non-hydrogen) atoms. The zero-order valence-electron chi connectivity index (χ0n) is 32.9. The average Bonchev–Trinajstić information content (AvgIpc) is 3.10. The first-order valence-electron chi connectivity index (χ1n) is 20.0. The number of rotatable bonds is 33. The summed E-state index contributed by atoms with van der Waals surface area (Å²) < 4.78 is 5.58. The molecule has 0 heterocycles. The van der Waals surface area contributed by atoms with Gasteiger partial charge in [0.25, 0.3) is 0 Å². The highest BCUT2D eigenvalue weighted by atomic mass is 16.6. The van der Waals surface area contributed by atoms with Crippen LogP contribution in [-0.2, 0) is 9.53 Å². The number of aliphatic hydroxyl groups excluding tert-OH is 4. The van der Waals surface area contributed by atoms with Crippen LogP contribution in [0, 0.1) is 5.92 Å². The lowest BCUT2D eigenvalue weighted by Gasteiger charge is -2.30. The lowest BCUT2D eigenvalue weighted by atomic mass is 9.90. The smallest absolute Gasteiger partial charge is 0.154 e. The molecule has 0 aliphatic rings. The third-order valence-electron chi connectivity index (χ3n) is 8.58. The maximum atomic E-state index is 11.0. The summed E-state index contributed by atoms with van der Waals surface area (Å²) in [4.78, 5) is 12.4. The van der Waals surface area contributed by atoms with Crippen LogP contribution in [0.25, 0.3) is 0 Å². The molecule has 0 spiro atoms. The van der Waals surface area contributed by atoms with Gasteiger partial charge >= 0.3 is 0 Å². The van der Waals surface area contributed by atoms with Crippen LogP contribution in [0.2, 0.25) is 0 Å².